The molecule has 2 aromatic carbocycles. The summed E-state index contributed by atoms with van der Waals surface area (Å²) in [5, 5.41) is 11.3. The lowest BCUT2D eigenvalue weighted by Crippen LogP contribution is -2.25. The number of furan rings is 1. The van der Waals surface area contributed by atoms with Gasteiger partial charge in [0.25, 0.3) is 0 Å². The van der Waals surface area contributed by atoms with Crippen LogP contribution in [-0.2, 0) is 13.1 Å². The maximum Gasteiger partial charge on any atom is 0.165 e. The molecule has 1 aliphatic heterocycles. The third-order valence-corrected chi connectivity index (χ3v) is 5.61. The molecule has 5 rings (SSSR count). The average Bonchev–Trinajstić information content (AvgIpc) is 3.14. The monoisotopic (exact) mass is 432 g/mol. The molecule has 0 radical (unpaired) electrons. The Morgan fingerprint density at radius 1 is 1.00 bits per heavy atom. The Morgan fingerprint density at radius 3 is 2.68 bits per heavy atom. The number of aromatic nitrogens is 1. The van der Waals surface area contributed by atoms with Crippen molar-refractivity contribution < 1.29 is 14.3 Å². The summed E-state index contributed by atoms with van der Waals surface area (Å²) in [5.41, 5.74) is 3.81. The van der Waals surface area contributed by atoms with Crippen molar-refractivity contribution in [2.75, 3.05) is 13.2 Å². The predicted octanol–water partition coefficient (Wildman–Crippen LogP) is 5.76. The first kappa shape index (κ1) is 19.7. The first-order chi connectivity index (χ1) is 15.2. The molecule has 0 amide bonds. The van der Waals surface area contributed by atoms with Gasteiger partial charge in [0.2, 0.25) is 0 Å². The van der Waals surface area contributed by atoms with E-state index < -0.39 is 0 Å². The van der Waals surface area contributed by atoms with E-state index in [9.17, 15) is 5.11 Å². The number of ether oxygens (including phenoxy) is 1. The first-order valence-electron chi connectivity index (χ1n) is 10.1. The molecule has 4 aromatic rings. The largest absolute Gasteiger partial charge is 0.504 e. The number of halogens is 1. The summed E-state index contributed by atoms with van der Waals surface area (Å²) in [6.07, 6.45) is 3.52. The summed E-state index contributed by atoms with van der Waals surface area (Å²) >= 11 is 5.98. The third kappa shape index (κ3) is 4.29. The highest BCUT2D eigenvalue weighted by Gasteiger charge is 2.21. The summed E-state index contributed by atoms with van der Waals surface area (Å²) < 4.78 is 11.9. The van der Waals surface area contributed by atoms with Crippen LogP contribution >= 0.6 is 11.6 Å². The second-order valence-electron chi connectivity index (χ2n) is 7.56. The van der Waals surface area contributed by atoms with E-state index in [0.29, 0.717) is 30.5 Å². The van der Waals surface area contributed by atoms with E-state index in [2.05, 4.69) is 16.0 Å². The molecule has 0 atom stereocenters. The molecular formula is C25H21ClN2O3. The van der Waals surface area contributed by atoms with Gasteiger partial charge in [0.05, 0.1) is 6.54 Å². The van der Waals surface area contributed by atoms with E-state index in [-0.39, 0.29) is 5.75 Å². The van der Waals surface area contributed by atoms with E-state index in [1.165, 1.54) is 0 Å². The molecule has 156 valence electrons. The van der Waals surface area contributed by atoms with Gasteiger partial charge >= 0.3 is 0 Å². The molecule has 3 heterocycles. The minimum atomic E-state index is 0.154. The van der Waals surface area contributed by atoms with Crippen LogP contribution in [0, 0.1) is 0 Å². The van der Waals surface area contributed by atoms with Crippen LogP contribution in [0.5, 0.6) is 11.5 Å². The molecule has 0 spiro atoms. The van der Waals surface area contributed by atoms with Crippen molar-refractivity contribution in [2.24, 2.45) is 0 Å². The molecule has 1 aliphatic rings. The highest BCUT2D eigenvalue weighted by Crippen LogP contribution is 2.37. The standard InChI is InChI=1S/C25H21ClN2O3/c26-21-5-3-17(4-6-21)24-8-7-22(31-24)16-28-10-11-30-25-20(15-28)12-19(13-23(25)29)18-2-1-9-27-14-18/h1-9,12-14,29H,10-11,15-16H2. The Hall–Kier alpha value is -3.28. The lowest BCUT2D eigenvalue weighted by Gasteiger charge is -2.18. The van der Waals surface area contributed by atoms with E-state index in [4.69, 9.17) is 20.8 Å². The van der Waals surface area contributed by atoms with Gasteiger partial charge in [-0.25, -0.2) is 0 Å². The van der Waals surface area contributed by atoms with Gasteiger partial charge < -0.3 is 14.3 Å². The number of pyridine rings is 1. The van der Waals surface area contributed by atoms with Crippen molar-refractivity contribution in [1.82, 2.24) is 9.88 Å². The van der Waals surface area contributed by atoms with Gasteiger partial charge in [-0.1, -0.05) is 17.7 Å². The predicted molar refractivity (Wildman–Crippen MR) is 120 cm³/mol. The van der Waals surface area contributed by atoms with Gasteiger partial charge in [0.15, 0.2) is 11.5 Å². The summed E-state index contributed by atoms with van der Waals surface area (Å²) in [6.45, 7) is 2.52. The summed E-state index contributed by atoms with van der Waals surface area (Å²) in [6, 6.07) is 19.2. The van der Waals surface area contributed by atoms with Crippen LogP contribution in [0.1, 0.15) is 11.3 Å². The number of fused-ring (bicyclic) bond motifs is 1. The number of phenols is 1. The molecule has 31 heavy (non-hydrogen) atoms. The van der Waals surface area contributed by atoms with E-state index in [1.54, 1.807) is 18.5 Å². The molecule has 0 fully saturated rings. The van der Waals surface area contributed by atoms with Crippen molar-refractivity contribution in [3.8, 4) is 33.9 Å². The van der Waals surface area contributed by atoms with Crippen LogP contribution in [0.3, 0.4) is 0 Å². The minimum absolute atomic E-state index is 0.154. The molecule has 6 heteroatoms. The van der Waals surface area contributed by atoms with E-state index >= 15 is 0 Å². The lowest BCUT2D eigenvalue weighted by molar-refractivity contribution is 0.205. The zero-order chi connectivity index (χ0) is 21.2. The van der Waals surface area contributed by atoms with Crippen molar-refractivity contribution >= 4 is 11.6 Å². The minimum Gasteiger partial charge on any atom is -0.504 e. The van der Waals surface area contributed by atoms with Gasteiger partial charge in [0, 0.05) is 47.2 Å². The fraction of sp³-hybridized carbons (Fsp3) is 0.160. The molecule has 0 saturated carbocycles. The maximum absolute atomic E-state index is 10.6. The fourth-order valence-corrected chi connectivity index (χ4v) is 3.97. The number of hydrogen-bond acceptors (Lipinski definition) is 5. The van der Waals surface area contributed by atoms with Crippen LogP contribution in [0.25, 0.3) is 22.5 Å². The number of nitrogens with zero attached hydrogens (tertiary/aromatic N) is 2. The average molecular weight is 433 g/mol. The zero-order valence-corrected chi connectivity index (χ0v) is 17.5. The lowest BCUT2D eigenvalue weighted by atomic mass is 10.0. The Kier molecular flexibility index (Phi) is 5.37. The van der Waals surface area contributed by atoms with Gasteiger partial charge in [-0.15, -0.1) is 0 Å². The molecule has 0 bridgehead atoms. The summed E-state index contributed by atoms with van der Waals surface area (Å²) in [4.78, 5) is 6.43. The molecular weight excluding hydrogens is 412 g/mol. The quantitative estimate of drug-likeness (QED) is 0.444. The van der Waals surface area contributed by atoms with Gasteiger partial charge in [-0.3, -0.25) is 9.88 Å². The smallest absolute Gasteiger partial charge is 0.165 e. The highest BCUT2D eigenvalue weighted by atomic mass is 35.5. The Balaban J connectivity index is 1.37. The Labute approximate surface area is 185 Å². The van der Waals surface area contributed by atoms with Crippen LogP contribution in [0.2, 0.25) is 5.02 Å². The van der Waals surface area contributed by atoms with Crippen molar-refractivity contribution in [3.63, 3.8) is 0 Å². The van der Waals surface area contributed by atoms with Crippen molar-refractivity contribution in [2.45, 2.75) is 13.1 Å². The fourth-order valence-electron chi connectivity index (χ4n) is 3.84. The summed E-state index contributed by atoms with van der Waals surface area (Å²) in [7, 11) is 0. The molecule has 5 nitrogen and oxygen atoms in total. The summed E-state index contributed by atoms with van der Waals surface area (Å²) in [5.74, 6) is 2.40. The van der Waals surface area contributed by atoms with Crippen LogP contribution in [0.15, 0.2) is 77.5 Å². The Bertz CT molecular complexity index is 1190. The van der Waals surface area contributed by atoms with Crippen molar-refractivity contribution in [3.05, 3.63) is 89.4 Å². The first-order valence-corrected chi connectivity index (χ1v) is 10.5. The highest BCUT2D eigenvalue weighted by molar-refractivity contribution is 6.30. The SMILES string of the molecule is Oc1cc(-c2cccnc2)cc2c1OCCN(Cc1ccc(-c3ccc(Cl)cc3)o1)C2. The number of hydrogen-bond donors (Lipinski definition) is 1. The molecule has 0 aliphatic carbocycles. The third-order valence-electron chi connectivity index (χ3n) is 5.36. The topological polar surface area (TPSA) is 58.7 Å². The number of benzene rings is 2. The second kappa shape index (κ2) is 8.46. The number of aromatic hydroxyl groups is 1. The molecule has 1 N–H and O–H groups in total. The van der Waals surface area contributed by atoms with Crippen molar-refractivity contribution in [1.29, 1.82) is 0 Å². The van der Waals surface area contributed by atoms with Crippen LogP contribution < -0.4 is 4.74 Å². The van der Waals surface area contributed by atoms with Gasteiger partial charge in [0.1, 0.15) is 18.1 Å². The van der Waals surface area contributed by atoms with Crippen LogP contribution in [0.4, 0.5) is 0 Å². The second-order valence-corrected chi connectivity index (χ2v) is 7.99. The van der Waals surface area contributed by atoms with Gasteiger partial charge in [-0.05, 0) is 60.2 Å². The molecule has 0 unspecified atom stereocenters. The number of phenolic OH excluding ortho intramolecular Hbond substituents is 1. The Morgan fingerprint density at radius 2 is 1.87 bits per heavy atom. The molecule has 2 aromatic heterocycles. The van der Waals surface area contributed by atoms with E-state index in [0.717, 1.165) is 40.3 Å². The molecule has 0 saturated heterocycles. The van der Waals surface area contributed by atoms with Crippen LogP contribution in [-0.4, -0.2) is 28.1 Å². The number of rotatable bonds is 4. The zero-order valence-electron chi connectivity index (χ0n) is 16.8. The van der Waals surface area contributed by atoms with Gasteiger partial charge in [-0.2, -0.15) is 0 Å². The normalized spacial score (nSPS) is 14.0. The maximum atomic E-state index is 10.6. The van der Waals surface area contributed by atoms with E-state index in [1.807, 2.05) is 48.5 Å².